The second-order valence-corrected chi connectivity index (χ2v) is 6.34. The number of hydrogen-bond acceptors (Lipinski definition) is 2. The van der Waals surface area contributed by atoms with E-state index in [-0.39, 0.29) is 6.04 Å². The lowest BCUT2D eigenvalue weighted by molar-refractivity contribution is 0.588. The molecular formula is C14H16BrCl2N3. The van der Waals surface area contributed by atoms with E-state index >= 15 is 0 Å². The number of aryl methyl sites for hydroxylation is 2. The Kier molecular flexibility index (Phi) is 5.13. The highest BCUT2D eigenvalue weighted by Gasteiger charge is 2.19. The molecular weight excluding hydrogens is 361 g/mol. The molecule has 2 rings (SSSR count). The van der Waals surface area contributed by atoms with Gasteiger partial charge >= 0.3 is 0 Å². The molecule has 1 N–H and O–H groups in total. The van der Waals surface area contributed by atoms with Crippen molar-refractivity contribution in [3.05, 3.63) is 49.7 Å². The van der Waals surface area contributed by atoms with Crippen molar-refractivity contribution in [2.45, 2.75) is 19.4 Å². The summed E-state index contributed by atoms with van der Waals surface area (Å²) >= 11 is 16.0. The van der Waals surface area contributed by atoms with E-state index in [2.05, 4.69) is 26.3 Å². The number of benzene rings is 1. The Balaban J connectivity index is 2.36. The lowest BCUT2D eigenvalue weighted by atomic mass is 9.99. The van der Waals surface area contributed by atoms with Crippen LogP contribution in [0.1, 0.15) is 22.9 Å². The highest BCUT2D eigenvalue weighted by atomic mass is 79.9. The first-order valence-electron chi connectivity index (χ1n) is 6.24. The first kappa shape index (κ1) is 15.8. The standard InChI is InChI=1S/C14H16BrCl2N3/c1-8-10(14(17)20(3)19-8)7-13(18-2)11-6-9(16)4-5-12(11)15/h4-6,13,18H,7H2,1-3H3. The summed E-state index contributed by atoms with van der Waals surface area (Å²) in [7, 11) is 3.78. The first-order valence-corrected chi connectivity index (χ1v) is 7.79. The van der Waals surface area contributed by atoms with Crippen LogP contribution < -0.4 is 5.32 Å². The van der Waals surface area contributed by atoms with Crippen LogP contribution in [0.5, 0.6) is 0 Å². The van der Waals surface area contributed by atoms with Gasteiger partial charge < -0.3 is 5.32 Å². The second-order valence-electron chi connectivity index (χ2n) is 4.69. The molecule has 1 atom stereocenters. The van der Waals surface area contributed by atoms with Crippen molar-refractivity contribution < 1.29 is 0 Å². The van der Waals surface area contributed by atoms with Crippen molar-refractivity contribution in [2.75, 3.05) is 7.05 Å². The Morgan fingerprint density at radius 3 is 2.65 bits per heavy atom. The zero-order chi connectivity index (χ0) is 14.9. The van der Waals surface area contributed by atoms with E-state index in [1.807, 2.05) is 39.2 Å². The minimum Gasteiger partial charge on any atom is -0.313 e. The molecule has 1 aromatic carbocycles. The molecule has 1 unspecified atom stereocenters. The summed E-state index contributed by atoms with van der Waals surface area (Å²) in [6.45, 7) is 1.97. The predicted molar refractivity (Wildman–Crippen MR) is 87.6 cm³/mol. The molecule has 0 spiro atoms. The molecule has 2 aromatic rings. The molecule has 108 valence electrons. The molecule has 0 aliphatic heterocycles. The van der Waals surface area contributed by atoms with Gasteiger partial charge in [-0.15, -0.1) is 0 Å². The van der Waals surface area contributed by atoms with Gasteiger partial charge in [-0.3, -0.25) is 4.68 Å². The maximum atomic E-state index is 6.31. The highest BCUT2D eigenvalue weighted by molar-refractivity contribution is 9.10. The van der Waals surface area contributed by atoms with Crippen LogP contribution in [0.4, 0.5) is 0 Å². The Labute approximate surface area is 137 Å². The Morgan fingerprint density at radius 2 is 2.10 bits per heavy atom. The summed E-state index contributed by atoms with van der Waals surface area (Å²) in [6.07, 6.45) is 0.758. The summed E-state index contributed by atoms with van der Waals surface area (Å²) in [6, 6.07) is 5.90. The fraction of sp³-hybridized carbons (Fsp3) is 0.357. The average molecular weight is 377 g/mol. The van der Waals surface area contributed by atoms with Crippen molar-refractivity contribution in [3.8, 4) is 0 Å². The molecule has 0 aliphatic rings. The molecule has 1 heterocycles. The van der Waals surface area contributed by atoms with Crippen LogP contribution in [0.2, 0.25) is 10.2 Å². The molecule has 0 saturated carbocycles. The maximum Gasteiger partial charge on any atom is 0.130 e. The van der Waals surface area contributed by atoms with Crippen molar-refractivity contribution in [3.63, 3.8) is 0 Å². The maximum absolute atomic E-state index is 6.31. The van der Waals surface area contributed by atoms with E-state index in [9.17, 15) is 0 Å². The summed E-state index contributed by atoms with van der Waals surface area (Å²) in [5.74, 6) is 0. The Bertz CT molecular complexity index is 625. The van der Waals surface area contributed by atoms with Gasteiger partial charge in [0.25, 0.3) is 0 Å². The first-order chi connectivity index (χ1) is 9.43. The average Bonchev–Trinajstić information content (AvgIpc) is 2.65. The SMILES string of the molecule is CNC(Cc1c(C)nn(C)c1Cl)c1cc(Cl)ccc1Br. The fourth-order valence-corrected chi connectivity index (χ4v) is 3.21. The predicted octanol–water partition coefficient (Wildman–Crippen LogP) is 4.30. The minimum atomic E-state index is 0.114. The van der Waals surface area contributed by atoms with E-state index in [1.165, 1.54) is 0 Å². The number of rotatable bonds is 4. The summed E-state index contributed by atoms with van der Waals surface area (Å²) in [5, 5.41) is 9.07. The van der Waals surface area contributed by atoms with Gasteiger partial charge in [-0.05, 0) is 44.2 Å². The van der Waals surface area contributed by atoms with Gasteiger partial charge in [0.1, 0.15) is 5.15 Å². The van der Waals surface area contributed by atoms with E-state index < -0.39 is 0 Å². The van der Waals surface area contributed by atoms with Crippen LogP contribution in [-0.4, -0.2) is 16.8 Å². The minimum absolute atomic E-state index is 0.114. The molecule has 0 fully saturated rings. The third kappa shape index (κ3) is 3.19. The van der Waals surface area contributed by atoms with Gasteiger partial charge in [-0.25, -0.2) is 0 Å². The monoisotopic (exact) mass is 375 g/mol. The van der Waals surface area contributed by atoms with E-state index in [1.54, 1.807) is 4.68 Å². The van der Waals surface area contributed by atoms with E-state index in [0.717, 1.165) is 32.7 Å². The number of likely N-dealkylation sites (N-methyl/N-ethyl adjacent to an activating group) is 1. The highest BCUT2D eigenvalue weighted by Crippen LogP contribution is 2.31. The van der Waals surface area contributed by atoms with Gasteiger partial charge in [-0.2, -0.15) is 5.10 Å². The van der Waals surface area contributed by atoms with E-state index in [4.69, 9.17) is 23.2 Å². The number of nitrogens with one attached hydrogen (secondary N) is 1. The lowest BCUT2D eigenvalue weighted by Crippen LogP contribution is -2.19. The lowest BCUT2D eigenvalue weighted by Gasteiger charge is -2.18. The number of nitrogens with zero attached hydrogens (tertiary/aromatic N) is 2. The van der Waals surface area contributed by atoms with Crippen molar-refractivity contribution in [1.29, 1.82) is 0 Å². The van der Waals surface area contributed by atoms with Crippen molar-refractivity contribution in [1.82, 2.24) is 15.1 Å². The molecule has 1 aromatic heterocycles. The molecule has 0 radical (unpaired) electrons. The third-order valence-corrected chi connectivity index (χ3v) is 4.79. The van der Waals surface area contributed by atoms with E-state index in [0.29, 0.717) is 5.15 Å². The van der Waals surface area contributed by atoms with Crippen LogP contribution in [0, 0.1) is 6.92 Å². The number of hydrogen-bond donors (Lipinski definition) is 1. The molecule has 20 heavy (non-hydrogen) atoms. The Morgan fingerprint density at radius 1 is 1.40 bits per heavy atom. The largest absolute Gasteiger partial charge is 0.313 e. The van der Waals surface area contributed by atoms with Crippen LogP contribution in [-0.2, 0) is 13.5 Å². The van der Waals surface area contributed by atoms with Gasteiger partial charge in [-0.1, -0.05) is 39.1 Å². The number of halogens is 3. The summed E-state index contributed by atoms with van der Waals surface area (Å²) in [4.78, 5) is 0. The van der Waals surface area contributed by atoms with Crippen LogP contribution in [0.15, 0.2) is 22.7 Å². The van der Waals surface area contributed by atoms with Crippen LogP contribution >= 0.6 is 39.1 Å². The van der Waals surface area contributed by atoms with Gasteiger partial charge in [0.15, 0.2) is 0 Å². The molecule has 0 saturated heterocycles. The molecule has 0 bridgehead atoms. The van der Waals surface area contributed by atoms with Crippen molar-refractivity contribution >= 4 is 39.1 Å². The zero-order valence-corrected chi connectivity index (χ0v) is 14.6. The van der Waals surface area contributed by atoms with Crippen LogP contribution in [0.3, 0.4) is 0 Å². The quantitative estimate of drug-likeness (QED) is 0.861. The molecule has 0 amide bonds. The molecule has 6 heteroatoms. The molecule has 3 nitrogen and oxygen atoms in total. The molecule has 0 aliphatic carbocycles. The van der Waals surface area contributed by atoms with Crippen molar-refractivity contribution in [2.24, 2.45) is 7.05 Å². The third-order valence-electron chi connectivity index (χ3n) is 3.36. The summed E-state index contributed by atoms with van der Waals surface area (Å²) in [5.41, 5.74) is 3.12. The van der Waals surface area contributed by atoms with Gasteiger partial charge in [0.2, 0.25) is 0 Å². The normalized spacial score (nSPS) is 12.7. The Hall–Kier alpha value is -0.550. The second kappa shape index (κ2) is 6.48. The van der Waals surface area contributed by atoms with Crippen LogP contribution in [0.25, 0.3) is 0 Å². The number of aromatic nitrogens is 2. The van der Waals surface area contributed by atoms with Gasteiger partial charge in [0, 0.05) is 28.1 Å². The fourth-order valence-electron chi connectivity index (χ4n) is 2.26. The smallest absolute Gasteiger partial charge is 0.130 e. The van der Waals surface area contributed by atoms with Gasteiger partial charge in [0.05, 0.1) is 5.69 Å². The topological polar surface area (TPSA) is 29.9 Å². The zero-order valence-electron chi connectivity index (χ0n) is 11.5. The summed E-state index contributed by atoms with van der Waals surface area (Å²) < 4.78 is 2.73.